The third-order valence-corrected chi connectivity index (χ3v) is 2.11. The zero-order valence-electron chi connectivity index (χ0n) is 6.88. The maximum Gasteiger partial charge on any atom is 0.0390 e. The molecule has 0 bridgehead atoms. The van der Waals surface area contributed by atoms with Gasteiger partial charge >= 0.3 is 0 Å². The molecule has 0 saturated carbocycles. The third-order valence-electron chi connectivity index (χ3n) is 2.11. The Kier molecular flexibility index (Phi) is 1.84. The maximum atomic E-state index is 5.83. The summed E-state index contributed by atoms with van der Waals surface area (Å²) in [5.41, 5.74) is 9.18. The summed E-state index contributed by atoms with van der Waals surface area (Å²) in [5, 5.41) is 3.25. The van der Waals surface area contributed by atoms with Gasteiger partial charge in [-0.3, -0.25) is 0 Å². The fourth-order valence-electron chi connectivity index (χ4n) is 1.47. The van der Waals surface area contributed by atoms with E-state index in [1.54, 1.807) is 0 Å². The third kappa shape index (κ3) is 1.21. The molecule has 0 aromatic heterocycles. The van der Waals surface area contributed by atoms with Gasteiger partial charge in [-0.25, -0.2) is 0 Å². The van der Waals surface area contributed by atoms with Crippen molar-refractivity contribution in [2.45, 2.75) is 0 Å². The summed E-state index contributed by atoms with van der Waals surface area (Å²) < 4.78 is 0. The molecule has 1 aliphatic heterocycles. The molecule has 2 heteroatoms. The van der Waals surface area contributed by atoms with Gasteiger partial charge in [0.05, 0.1) is 0 Å². The molecule has 2 rings (SSSR count). The van der Waals surface area contributed by atoms with Gasteiger partial charge < -0.3 is 11.1 Å². The molecular formula is C10H12N2. The second-order valence-electron chi connectivity index (χ2n) is 2.95. The fraction of sp³-hybridized carbons (Fsp3) is 0.200. The van der Waals surface area contributed by atoms with Gasteiger partial charge in [-0.15, -0.1) is 0 Å². The molecule has 62 valence electrons. The van der Waals surface area contributed by atoms with Gasteiger partial charge in [0.15, 0.2) is 0 Å². The Hall–Kier alpha value is -1.28. The van der Waals surface area contributed by atoms with Gasteiger partial charge in [-0.05, 0) is 11.6 Å². The van der Waals surface area contributed by atoms with E-state index in [4.69, 9.17) is 5.73 Å². The standard InChI is InChI=1S/C10H12N2/c11-10-4-2-1-3-9(10)8-5-6-12-7-8/h1-5,12H,6-7,11H2. The van der Waals surface area contributed by atoms with Crippen LogP contribution in [0.5, 0.6) is 0 Å². The van der Waals surface area contributed by atoms with Crippen LogP contribution in [0.1, 0.15) is 5.56 Å². The van der Waals surface area contributed by atoms with E-state index in [0.717, 1.165) is 18.8 Å². The Bertz CT molecular complexity index is 315. The van der Waals surface area contributed by atoms with Crippen LogP contribution in [0, 0.1) is 0 Å². The minimum atomic E-state index is 0.868. The predicted octanol–water partition coefficient (Wildman–Crippen LogP) is 1.26. The summed E-state index contributed by atoms with van der Waals surface area (Å²) in [6.07, 6.45) is 2.19. The zero-order valence-corrected chi connectivity index (χ0v) is 6.88. The largest absolute Gasteiger partial charge is 0.398 e. The molecule has 1 aliphatic rings. The van der Waals surface area contributed by atoms with Crippen LogP contribution in [-0.4, -0.2) is 13.1 Å². The van der Waals surface area contributed by atoms with E-state index in [1.807, 2.05) is 18.2 Å². The molecule has 0 saturated heterocycles. The molecule has 0 atom stereocenters. The molecule has 1 aromatic rings. The molecule has 1 aromatic carbocycles. The van der Waals surface area contributed by atoms with E-state index in [1.165, 1.54) is 11.1 Å². The Morgan fingerprint density at radius 3 is 2.75 bits per heavy atom. The summed E-state index contributed by atoms with van der Waals surface area (Å²) in [4.78, 5) is 0. The normalized spacial score (nSPS) is 16.2. The van der Waals surface area contributed by atoms with Crippen molar-refractivity contribution in [1.82, 2.24) is 5.32 Å². The highest BCUT2D eigenvalue weighted by Gasteiger charge is 2.07. The van der Waals surface area contributed by atoms with Crippen LogP contribution in [0.3, 0.4) is 0 Å². The van der Waals surface area contributed by atoms with Crippen molar-refractivity contribution in [2.24, 2.45) is 0 Å². The minimum Gasteiger partial charge on any atom is -0.398 e. The molecule has 1 heterocycles. The Morgan fingerprint density at radius 1 is 1.25 bits per heavy atom. The van der Waals surface area contributed by atoms with Crippen molar-refractivity contribution in [2.75, 3.05) is 18.8 Å². The SMILES string of the molecule is Nc1ccccc1C1=CCNC1. The number of benzene rings is 1. The monoisotopic (exact) mass is 160 g/mol. The average Bonchev–Trinajstić information content (AvgIpc) is 2.57. The molecule has 0 spiro atoms. The van der Waals surface area contributed by atoms with E-state index in [-0.39, 0.29) is 0 Å². The summed E-state index contributed by atoms with van der Waals surface area (Å²) in [6.45, 7) is 1.90. The highest BCUT2D eigenvalue weighted by Crippen LogP contribution is 2.21. The molecular weight excluding hydrogens is 148 g/mol. The summed E-state index contributed by atoms with van der Waals surface area (Å²) in [6, 6.07) is 7.98. The molecule has 0 amide bonds. The van der Waals surface area contributed by atoms with Crippen molar-refractivity contribution in [1.29, 1.82) is 0 Å². The lowest BCUT2D eigenvalue weighted by Gasteiger charge is -2.04. The van der Waals surface area contributed by atoms with Gasteiger partial charge in [0.25, 0.3) is 0 Å². The van der Waals surface area contributed by atoms with E-state index < -0.39 is 0 Å². The van der Waals surface area contributed by atoms with Crippen molar-refractivity contribution in [3.05, 3.63) is 35.9 Å². The number of rotatable bonds is 1. The first-order valence-electron chi connectivity index (χ1n) is 4.12. The van der Waals surface area contributed by atoms with Crippen molar-refractivity contribution >= 4 is 11.3 Å². The molecule has 3 N–H and O–H groups in total. The van der Waals surface area contributed by atoms with Crippen molar-refractivity contribution in [3.63, 3.8) is 0 Å². The second kappa shape index (κ2) is 2.99. The van der Waals surface area contributed by atoms with Gasteiger partial charge in [-0.1, -0.05) is 24.3 Å². The van der Waals surface area contributed by atoms with Gasteiger partial charge in [0, 0.05) is 24.3 Å². The smallest absolute Gasteiger partial charge is 0.0390 e. The van der Waals surface area contributed by atoms with Gasteiger partial charge in [0.1, 0.15) is 0 Å². The van der Waals surface area contributed by atoms with Crippen LogP contribution in [0.15, 0.2) is 30.3 Å². The van der Waals surface area contributed by atoms with E-state index in [2.05, 4.69) is 17.5 Å². The van der Waals surface area contributed by atoms with Crippen LogP contribution in [0.25, 0.3) is 5.57 Å². The highest BCUT2D eigenvalue weighted by molar-refractivity contribution is 5.77. The average molecular weight is 160 g/mol. The highest BCUT2D eigenvalue weighted by atomic mass is 14.9. The van der Waals surface area contributed by atoms with E-state index in [9.17, 15) is 0 Å². The number of hydrogen-bond acceptors (Lipinski definition) is 2. The number of nitrogens with two attached hydrogens (primary N) is 1. The van der Waals surface area contributed by atoms with Gasteiger partial charge in [-0.2, -0.15) is 0 Å². The summed E-state index contributed by atoms with van der Waals surface area (Å²) in [7, 11) is 0. The quantitative estimate of drug-likeness (QED) is 0.607. The number of nitrogen functional groups attached to an aromatic ring is 1. The number of para-hydroxylation sites is 1. The predicted molar refractivity (Wildman–Crippen MR) is 51.7 cm³/mol. The van der Waals surface area contributed by atoms with Crippen LogP contribution in [0.4, 0.5) is 5.69 Å². The lowest BCUT2D eigenvalue weighted by atomic mass is 10.1. The zero-order chi connectivity index (χ0) is 8.39. The molecule has 0 unspecified atom stereocenters. The Labute approximate surface area is 72.1 Å². The number of hydrogen-bond donors (Lipinski definition) is 2. The van der Waals surface area contributed by atoms with Gasteiger partial charge in [0.2, 0.25) is 0 Å². The fourth-order valence-corrected chi connectivity index (χ4v) is 1.47. The first kappa shape index (κ1) is 7.37. The second-order valence-corrected chi connectivity index (χ2v) is 2.95. The van der Waals surface area contributed by atoms with E-state index in [0.29, 0.717) is 0 Å². The molecule has 12 heavy (non-hydrogen) atoms. The molecule has 0 radical (unpaired) electrons. The number of nitrogens with one attached hydrogen (secondary N) is 1. The van der Waals surface area contributed by atoms with Crippen LogP contribution < -0.4 is 11.1 Å². The topological polar surface area (TPSA) is 38.0 Å². The molecule has 0 fully saturated rings. The first-order valence-corrected chi connectivity index (χ1v) is 4.12. The van der Waals surface area contributed by atoms with Crippen molar-refractivity contribution < 1.29 is 0 Å². The molecule has 0 aliphatic carbocycles. The molecule has 2 nitrogen and oxygen atoms in total. The number of anilines is 1. The lowest BCUT2D eigenvalue weighted by Crippen LogP contribution is -2.08. The lowest BCUT2D eigenvalue weighted by molar-refractivity contribution is 0.897. The minimum absolute atomic E-state index is 0.868. The Morgan fingerprint density at radius 2 is 2.08 bits per heavy atom. The van der Waals surface area contributed by atoms with E-state index >= 15 is 0 Å². The van der Waals surface area contributed by atoms with Crippen LogP contribution in [0.2, 0.25) is 0 Å². The maximum absolute atomic E-state index is 5.83. The van der Waals surface area contributed by atoms with Crippen molar-refractivity contribution in [3.8, 4) is 0 Å². The van der Waals surface area contributed by atoms with Crippen LogP contribution >= 0.6 is 0 Å². The van der Waals surface area contributed by atoms with Crippen LogP contribution in [-0.2, 0) is 0 Å². The first-order chi connectivity index (χ1) is 5.88. The summed E-state index contributed by atoms with van der Waals surface area (Å²) in [5.74, 6) is 0. The summed E-state index contributed by atoms with van der Waals surface area (Å²) >= 11 is 0. The Balaban J connectivity index is 2.39.